The van der Waals surface area contributed by atoms with Crippen molar-refractivity contribution in [2.45, 2.75) is 25.3 Å². The third-order valence-corrected chi connectivity index (χ3v) is 4.42. The number of nitrogens with zero attached hydrogens (tertiary/aromatic N) is 1. The van der Waals surface area contributed by atoms with E-state index in [2.05, 4.69) is 5.32 Å². The normalized spacial score (nSPS) is 20.4. The van der Waals surface area contributed by atoms with Gasteiger partial charge in [0.25, 0.3) is 0 Å². The number of morpholine rings is 1. The minimum atomic E-state index is -4.41. The number of benzene rings is 2. The van der Waals surface area contributed by atoms with Gasteiger partial charge in [0.1, 0.15) is 6.10 Å². The number of alkyl halides is 3. The number of hydrogen-bond acceptors (Lipinski definition) is 3. The van der Waals surface area contributed by atoms with Crippen LogP contribution in [0.15, 0.2) is 54.6 Å². The van der Waals surface area contributed by atoms with E-state index >= 15 is 0 Å². The number of amides is 1. The van der Waals surface area contributed by atoms with Gasteiger partial charge in [0.2, 0.25) is 5.91 Å². The van der Waals surface area contributed by atoms with Crippen LogP contribution in [0, 0.1) is 0 Å². The van der Waals surface area contributed by atoms with E-state index in [1.165, 1.54) is 12.1 Å². The molecule has 0 saturated carbocycles. The van der Waals surface area contributed by atoms with Crippen LogP contribution in [0.3, 0.4) is 0 Å². The molecule has 1 aliphatic rings. The number of nitrogens with one attached hydrogen (secondary N) is 1. The van der Waals surface area contributed by atoms with Gasteiger partial charge in [-0.15, -0.1) is 0 Å². The van der Waals surface area contributed by atoms with Gasteiger partial charge in [-0.1, -0.05) is 36.4 Å². The molecule has 0 bridgehead atoms. The number of hydrogen-bond donors (Lipinski definition) is 1. The summed E-state index contributed by atoms with van der Waals surface area (Å²) in [6.45, 7) is 2.69. The zero-order valence-electron chi connectivity index (χ0n) is 14.9. The predicted octanol–water partition coefficient (Wildman–Crippen LogP) is 4.11. The summed E-state index contributed by atoms with van der Waals surface area (Å²) >= 11 is 0. The molecule has 1 amide bonds. The van der Waals surface area contributed by atoms with E-state index in [1.807, 2.05) is 37.3 Å². The molecule has 1 heterocycles. The molecule has 144 valence electrons. The van der Waals surface area contributed by atoms with Gasteiger partial charge >= 0.3 is 6.18 Å². The monoisotopic (exact) mass is 378 g/mol. The zero-order chi connectivity index (χ0) is 19.4. The molecule has 4 nitrogen and oxygen atoms in total. The Balaban J connectivity index is 1.62. The SMILES string of the molecule is CC1CN(C(=O)CNc2cccc(C(F)(F)F)c2)CC(c2ccccc2)O1. The summed E-state index contributed by atoms with van der Waals surface area (Å²) < 4.78 is 44.3. The molecular formula is C20H21F3N2O2. The Kier molecular flexibility index (Phi) is 5.70. The van der Waals surface area contributed by atoms with E-state index in [0.717, 1.165) is 17.7 Å². The molecule has 1 N–H and O–H groups in total. The third-order valence-electron chi connectivity index (χ3n) is 4.42. The fourth-order valence-electron chi connectivity index (χ4n) is 3.10. The van der Waals surface area contributed by atoms with Crippen LogP contribution < -0.4 is 5.32 Å². The molecule has 2 aromatic carbocycles. The standard InChI is InChI=1S/C20H21F3N2O2/c1-14-12-25(13-18(27-14)15-6-3-2-4-7-15)19(26)11-24-17-9-5-8-16(10-17)20(21,22)23/h2-10,14,18,24H,11-13H2,1H3. The van der Waals surface area contributed by atoms with Gasteiger partial charge in [0.15, 0.2) is 0 Å². The molecule has 1 saturated heterocycles. The number of ether oxygens (including phenoxy) is 1. The van der Waals surface area contributed by atoms with Crippen LogP contribution in [0.5, 0.6) is 0 Å². The number of rotatable bonds is 4. The predicted molar refractivity (Wildman–Crippen MR) is 96.2 cm³/mol. The summed E-state index contributed by atoms with van der Waals surface area (Å²) in [6, 6.07) is 14.5. The van der Waals surface area contributed by atoms with E-state index < -0.39 is 11.7 Å². The Morgan fingerprint density at radius 3 is 2.59 bits per heavy atom. The summed E-state index contributed by atoms with van der Waals surface area (Å²) in [5, 5.41) is 2.79. The van der Waals surface area contributed by atoms with Crippen molar-refractivity contribution >= 4 is 11.6 Å². The second-order valence-corrected chi connectivity index (χ2v) is 6.58. The Morgan fingerprint density at radius 2 is 1.89 bits per heavy atom. The maximum absolute atomic E-state index is 12.8. The first-order valence-electron chi connectivity index (χ1n) is 8.72. The van der Waals surface area contributed by atoms with Crippen molar-refractivity contribution in [3.05, 3.63) is 65.7 Å². The molecule has 2 atom stereocenters. The van der Waals surface area contributed by atoms with Crippen molar-refractivity contribution in [2.75, 3.05) is 25.0 Å². The average Bonchev–Trinajstić information content (AvgIpc) is 2.66. The van der Waals surface area contributed by atoms with Crippen LogP contribution in [0.2, 0.25) is 0 Å². The minimum absolute atomic E-state index is 0.0739. The first-order valence-corrected chi connectivity index (χ1v) is 8.72. The third kappa shape index (κ3) is 5.01. The molecule has 1 fully saturated rings. The maximum Gasteiger partial charge on any atom is 0.416 e. The van der Waals surface area contributed by atoms with Crippen LogP contribution in [0.4, 0.5) is 18.9 Å². The quantitative estimate of drug-likeness (QED) is 0.871. The van der Waals surface area contributed by atoms with Gasteiger partial charge in [-0.2, -0.15) is 13.2 Å². The fourth-order valence-corrected chi connectivity index (χ4v) is 3.10. The van der Waals surface area contributed by atoms with Crippen molar-refractivity contribution in [1.82, 2.24) is 4.90 Å². The van der Waals surface area contributed by atoms with E-state index in [4.69, 9.17) is 4.74 Å². The van der Waals surface area contributed by atoms with Crippen LogP contribution in [-0.4, -0.2) is 36.5 Å². The molecule has 0 aromatic heterocycles. The first-order chi connectivity index (χ1) is 12.8. The highest BCUT2D eigenvalue weighted by molar-refractivity contribution is 5.81. The second-order valence-electron chi connectivity index (χ2n) is 6.58. The lowest BCUT2D eigenvalue weighted by molar-refractivity contribution is -0.143. The van der Waals surface area contributed by atoms with Crippen molar-refractivity contribution in [2.24, 2.45) is 0 Å². The lowest BCUT2D eigenvalue weighted by atomic mass is 10.1. The summed E-state index contributed by atoms with van der Waals surface area (Å²) in [5.74, 6) is -0.177. The highest BCUT2D eigenvalue weighted by atomic mass is 19.4. The summed E-state index contributed by atoms with van der Waals surface area (Å²) in [5.41, 5.74) is 0.510. The summed E-state index contributed by atoms with van der Waals surface area (Å²) in [4.78, 5) is 14.2. The molecule has 3 rings (SSSR count). The van der Waals surface area contributed by atoms with E-state index in [0.29, 0.717) is 13.1 Å². The van der Waals surface area contributed by atoms with Crippen molar-refractivity contribution in [1.29, 1.82) is 0 Å². The molecular weight excluding hydrogens is 357 g/mol. The van der Waals surface area contributed by atoms with E-state index in [9.17, 15) is 18.0 Å². The van der Waals surface area contributed by atoms with Gasteiger partial charge in [0.05, 0.1) is 24.8 Å². The smallest absolute Gasteiger partial charge is 0.376 e. The molecule has 2 unspecified atom stereocenters. The number of anilines is 1. The van der Waals surface area contributed by atoms with Gasteiger partial charge in [-0.05, 0) is 30.7 Å². The van der Waals surface area contributed by atoms with Crippen LogP contribution in [0.1, 0.15) is 24.2 Å². The molecule has 7 heteroatoms. The fraction of sp³-hybridized carbons (Fsp3) is 0.350. The van der Waals surface area contributed by atoms with Gasteiger partial charge in [-0.25, -0.2) is 0 Å². The summed E-state index contributed by atoms with van der Waals surface area (Å²) in [6.07, 6.45) is -4.75. The second kappa shape index (κ2) is 8.00. The van der Waals surface area contributed by atoms with Gasteiger partial charge < -0.3 is 15.0 Å². The largest absolute Gasteiger partial charge is 0.416 e. The number of carbonyl (C=O) groups is 1. The first kappa shape index (κ1) is 19.2. The molecule has 1 aliphatic heterocycles. The van der Waals surface area contributed by atoms with Crippen LogP contribution in [0.25, 0.3) is 0 Å². The molecule has 0 aliphatic carbocycles. The highest BCUT2D eigenvalue weighted by Crippen LogP contribution is 2.30. The van der Waals surface area contributed by atoms with Gasteiger partial charge in [0, 0.05) is 12.2 Å². The zero-order valence-corrected chi connectivity index (χ0v) is 14.9. The van der Waals surface area contributed by atoms with E-state index in [-0.39, 0.29) is 30.3 Å². The Morgan fingerprint density at radius 1 is 1.15 bits per heavy atom. The topological polar surface area (TPSA) is 41.6 Å². The molecule has 0 radical (unpaired) electrons. The maximum atomic E-state index is 12.8. The van der Waals surface area contributed by atoms with E-state index in [1.54, 1.807) is 4.90 Å². The Labute approximate surface area is 155 Å². The van der Waals surface area contributed by atoms with Crippen LogP contribution in [-0.2, 0) is 15.7 Å². The van der Waals surface area contributed by atoms with Crippen molar-refractivity contribution in [3.8, 4) is 0 Å². The lowest BCUT2D eigenvalue weighted by Crippen LogP contribution is -2.47. The summed E-state index contributed by atoms with van der Waals surface area (Å²) in [7, 11) is 0. The van der Waals surface area contributed by atoms with Crippen molar-refractivity contribution < 1.29 is 22.7 Å². The molecule has 2 aromatic rings. The van der Waals surface area contributed by atoms with Crippen LogP contribution >= 0.6 is 0 Å². The Hall–Kier alpha value is -2.54. The highest BCUT2D eigenvalue weighted by Gasteiger charge is 2.31. The number of halogens is 3. The van der Waals surface area contributed by atoms with Crippen molar-refractivity contribution in [3.63, 3.8) is 0 Å². The molecule has 0 spiro atoms. The lowest BCUT2D eigenvalue weighted by Gasteiger charge is -2.37. The molecule has 27 heavy (non-hydrogen) atoms. The van der Waals surface area contributed by atoms with Gasteiger partial charge in [-0.3, -0.25) is 4.79 Å². The minimum Gasteiger partial charge on any atom is -0.376 e. The average molecular weight is 378 g/mol. The number of carbonyl (C=O) groups excluding carboxylic acids is 1. The Bertz CT molecular complexity index is 780.